The lowest BCUT2D eigenvalue weighted by atomic mass is 9.95. The van der Waals surface area contributed by atoms with Gasteiger partial charge in [0.2, 0.25) is 0 Å². The van der Waals surface area contributed by atoms with E-state index in [0.717, 1.165) is 22.2 Å². The largest absolute Gasteiger partial charge is 0.507 e. The van der Waals surface area contributed by atoms with Crippen LogP contribution in [0.3, 0.4) is 0 Å². The van der Waals surface area contributed by atoms with Crippen molar-refractivity contribution in [2.75, 3.05) is 39.4 Å². The van der Waals surface area contributed by atoms with E-state index in [1.165, 1.54) is 0 Å². The third-order valence-electron chi connectivity index (χ3n) is 6.09. The van der Waals surface area contributed by atoms with Crippen molar-refractivity contribution in [1.82, 2.24) is 9.80 Å². The van der Waals surface area contributed by atoms with Crippen LogP contribution in [0.15, 0.2) is 48.0 Å². The van der Waals surface area contributed by atoms with E-state index in [0.29, 0.717) is 43.4 Å². The van der Waals surface area contributed by atoms with Gasteiger partial charge in [0, 0.05) is 22.2 Å². The highest BCUT2D eigenvalue weighted by Gasteiger charge is 2.46. The maximum atomic E-state index is 13.2. The number of rotatable bonds is 7. The van der Waals surface area contributed by atoms with Crippen molar-refractivity contribution < 1.29 is 24.2 Å². The summed E-state index contributed by atoms with van der Waals surface area (Å²) in [5, 5.41) is 11.3. The van der Waals surface area contributed by atoms with Crippen molar-refractivity contribution in [3.8, 4) is 11.5 Å². The van der Waals surface area contributed by atoms with Gasteiger partial charge < -0.3 is 24.4 Å². The molecule has 1 atom stereocenters. The molecule has 2 aliphatic heterocycles. The van der Waals surface area contributed by atoms with E-state index in [1.807, 2.05) is 24.3 Å². The third kappa shape index (κ3) is 4.72. The molecular formula is C25H27IN2O5. The van der Waals surface area contributed by atoms with Crippen LogP contribution in [0.1, 0.15) is 31.0 Å². The van der Waals surface area contributed by atoms with E-state index < -0.39 is 17.7 Å². The first kappa shape index (κ1) is 23.6. The molecule has 0 bridgehead atoms. The zero-order valence-corrected chi connectivity index (χ0v) is 20.9. The summed E-state index contributed by atoms with van der Waals surface area (Å²) < 4.78 is 12.2. The number of aliphatic hydroxyl groups excluding tert-OH is 1. The number of amides is 1. The Kier molecular flexibility index (Phi) is 7.23. The Morgan fingerprint density at radius 3 is 2.39 bits per heavy atom. The van der Waals surface area contributed by atoms with Crippen LogP contribution in [0.25, 0.3) is 5.76 Å². The standard InChI is InChI=1S/C25H27IN2O5/c1-3-27(4-2)11-12-28-22(16-5-8-18(26)9-6-16)21(24(30)25(28)31)23(29)17-7-10-19-20(15-17)33-14-13-32-19/h5-10,15,22,29H,3-4,11-14H2,1-2H3. The van der Waals surface area contributed by atoms with Gasteiger partial charge in [-0.3, -0.25) is 9.59 Å². The predicted octanol–water partition coefficient (Wildman–Crippen LogP) is 3.83. The quantitative estimate of drug-likeness (QED) is 0.239. The summed E-state index contributed by atoms with van der Waals surface area (Å²) in [6.45, 7) is 7.74. The zero-order valence-electron chi connectivity index (χ0n) is 18.7. The first-order valence-corrected chi connectivity index (χ1v) is 12.2. The lowest BCUT2D eigenvalue weighted by Gasteiger charge is -2.28. The first-order valence-electron chi connectivity index (χ1n) is 11.1. The van der Waals surface area contributed by atoms with Crippen molar-refractivity contribution in [2.24, 2.45) is 0 Å². The topological polar surface area (TPSA) is 79.3 Å². The van der Waals surface area contributed by atoms with E-state index >= 15 is 0 Å². The van der Waals surface area contributed by atoms with E-state index in [9.17, 15) is 14.7 Å². The number of halogens is 1. The highest BCUT2D eigenvalue weighted by Crippen LogP contribution is 2.41. The number of carbonyl (C=O) groups excluding carboxylic acids is 2. The van der Waals surface area contributed by atoms with Gasteiger partial charge in [0.25, 0.3) is 11.7 Å². The Labute approximate surface area is 207 Å². The molecule has 33 heavy (non-hydrogen) atoms. The number of aliphatic hydroxyl groups is 1. The number of likely N-dealkylation sites (N-methyl/N-ethyl adjacent to an activating group) is 1. The lowest BCUT2D eigenvalue weighted by Crippen LogP contribution is -2.38. The normalized spacial score (nSPS) is 19.4. The van der Waals surface area contributed by atoms with Crippen LogP contribution in [0.2, 0.25) is 0 Å². The van der Waals surface area contributed by atoms with Crippen molar-refractivity contribution in [3.63, 3.8) is 0 Å². The lowest BCUT2D eigenvalue weighted by molar-refractivity contribution is -0.140. The molecule has 2 aliphatic rings. The number of benzene rings is 2. The second-order valence-electron chi connectivity index (χ2n) is 7.93. The molecule has 0 aliphatic carbocycles. The predicted molar refractivity (Wildman–Crippen MR) is 133 cm³/mol. The summed E-state index contributed by atoms with van der Waals surface area (Å²) in [6.07, 6.45) is 0. The highest BCUT2D eigenvalue weighted by atomic mass is 127. The molecule has 1 N–H and O–H groups in total. The molecule has 2 aromatic rings. The maximum absolute atomic E-state index is 13.2. The minimum atomic E-state index is -0.675. The molecule has 1 saturated heterocycles. The van der Waals surface area contributed by atoms with E-state index in [2.05, 4.69) is 41.3 Å². The molecule has 0 aromatic heterocycles. The molecule has 0 spiro atoms. The number of carbonyl (C=O) groups is 2. The number of likely N-dealkylation sites (tertiary alicyclic amines) is 1. The van der Waals surface area contributed by atoms with Crippen LogP contribution in [0.4, 0.5) is 0 Å². The second-order valence-corrected chi connectivity index (χ2v) is 9.17. The fraction of sp³-hybridized carbons (Fsp3) is 0.360. The molecule has 4 rings (SSSR count). The average molecular weight is 562 g/mol. The summed E-state index contributed by atoms with van der Waals surface area (Å²) in [6, 6.07) is 12.1. The van der Waals surface area contributed by atoms with E-state index in [1.54, 1.807) is 23.1 Å². The van der Waals surface area contributed by atoms with Crippen LogP contribution in [0.5, 0.6) is 11.5 Å². The van der Waals surface area contributed by atoms with Crippen molar-refractivity contribution in [3.05, 3.63) is 62.7 Å². The third-order valence-corrected chi connectivity index (χ3v) is 6.81. The smallest absolute Gasteiger partial charge is 0.295 e. The minimum absolute atomic E-state index is 0.0948. The van der Waals surface area contributed by atoms with Gasteiger partial charge in [0.1, 0.15) is 19.0 Å². The number of ether oxygens (including phenoxy) is 2. The molecule has 2 heterocycles. The van der Waals surface area contributed by atoms with Crippen LogP contribution < -0.4 is 9.47 Å². The Balaban J connectivity index is 1.78. The van der Waals surface area contributed by atoms with Crippen LogP contribution in [-0.2, 0) is 9.59 Å². The molecule has 1 unspecified atom stereocenters. The maximum Gasteiger partial charge on any atom is 0.295 e. The van der Waals surface area contributed by atoms with Crippen molar-refractivity contribution in [1.29, 1.82) is 0 Å². The van der Waals surface area contributed by atoms with Gasteiger partial charge in [-0.05, 0) is 71.6 Å². The molecule has 1 fully saturated rings. The number of Topliss-reactive ketones (excluding diaryl/α,β-unsaturated/α-hetero) is 1. The molecule has 174 valence electrons. The number of hydrogen-bond acceptors (Lipinski definition) is 6. The fourth-order valence-electron chi connectivity index (χ4n) is 4.24. The summed E-state index contributed by atoms with van der Waals surface area (Å²) in [5.41, 5.74) is 1.29. The number of nitrogens with zero attached hydrogens (tertiary/aromatic N) is 2. The van der Waals surface area contributed by atoms with Crippen molar-refractivity contribution in [2.45, 2.75) is 19.9 Å². The van der Waals surface area contributed by atoms with Gasteiger partial charge >= 0.3 is 0 Å². The highest BCUT2D eigenvalue weighted by molar-refractivity contribution is 14.1. The first-order chi connectivity index (χ1) is 15.9. The molecule has 1 amide bonds. The van der Waals surface area contributed by atoms with Crippen LogP contribution >= 0.6 is 22.6 Å². The van der Waals surface area contributed by atoms with Gasteiger partial charge in [-0.25, -0.2) is 0 Å². The fourth-order valence-corrected chi connectivity index (χ4v) is 4.60. The van der Waals surface area contributed by atoms with E-state index in [4.69, 9.17) is 9.47 Å². The van der Waals surface area contributed by atoms with Crippen LogP contribution in [-0.4, -0.2) is 66.0 Å². The SMILES string of the molecule is CCN(CC)CCN1C(=O)C(=O)C(=C(O)c2ccc3c(c2)OCCO3)C1c1ccc(I)cc1. The number of hydrogen-bond donors (Lipinski definition) is 1. The second kappa shape index (κ2) is 10.1. The Hall–Kier alpha value is -2.59. The molecule has 8 heteroatoms. The summed E-state index contributed by atoms with van der Waals surface area (Å²) in [4.78, 5) is 30.0. The molecule has 2 aromatic carbocycles. The molecule has 7 nitrogen and oxygen atoms in total. The number of ketones is 1. The van der Waals surface area contributed by atoms with Gasteiger partial charge in [0.05, 0.1) is 11.6 Å². The van der Waals surface area contributed by atoms with Crippen LogP contribution in [0, 0.1) is 3.57 Å². The Morgan fingerprint density at radius 1 is 1.06 bits per heavy atom. The summed E-state index contributed by atoms with van der Waals surface area (Å²) in [7, 11) is 0. The zero-order chi connectivity index (χ0) is 23.5. The minimum Gasteiger partial charge on any atom is -0.507 e. The summed E-state index contributed by atoms with van der Waals surface area (Å²) in [5.74, 6) is -0.381. The summed E-state index contributed by atoms with van der Waals surface area (Å²) >= 11 is 2.21. The number of fused-ring (bicyclic) bond motifs is 1. The molecule has 0 saturated carbocycles. The van der Waals surface area contributed by atoms with Gasteiger partial charge in [0.15, 0.2) is 11.5 Å². The van der Waals surface area contributed by atoms with Crippen molar-refractivity contribution >= 4 is 40.0 Å². The Bertz CT molecular complexity index is 1080. The molecular weight excluding hydrogens is 535 g/mol. The molecule has 0 radical (unpaired) electrons. The van der Waals surface area contributed by atoms with Gasteiger partial charge in [-0.15, -0.1) is 0 Å². The monoisotopic (exact) mass is 562 g/mol. The Morgan fingerprint density at radius 2 is 1.73 bits per heavy atom. The van der Waals surface area contributed by atoms with E-state index in [-0.39, 0.29) is 11.3 Å². The van der Waals surface area contributed by atoms with Gasteiger partial charge in [-0.1, -0.05) is 26.0 Å². The average Bonchev–Trinajstić information content (AvgIpc) is 3.09. The van der Waals surface area contributed by atoms with Gasteiger partial charge in [-0.2, -0.15) is 0 Å².